The van der Waals surface area contributed by atoms with E-state index in [2.05, 4.69) is 21.2 Å². The third kappa shape index (κ3) is 3.36. The summed E-state index contributed by atoms with van der Waals surface area (Å²) in [6.45, 7) is 1.78. The van der Waals surface area contributed by atoms with Gasteiger partial charge in [-0.05, 0) is 34.8 Å². The lowest BCUT2D eigenvalue weighted by atomic mass is 9.84. The van der Waals surface area contributed by atoms with Crippen LogP contribution in [0.4, 0.5) is 0 Å². The highest BCUT2D eigenvalue weighted by Crippen LogP contribution is 2.38. The molecule has 0 bridgehead atoms. The second-order valence-corrected chi connectivity index (χ2v) is 6.69. The first-order valence-corrected chi connectivity index (χ1v) is 8.31. The number of halogens is 1. The lowest BCUT2D eigenvalue weighted by molar-refractivity contribution is -0.556. The minimum absolute atomic E-state index is 0.145. The van der Waals surface area contributed by atoms with Crippen LogP contribution in [-0.4, -0.2) is 22.4 Å². The van der Waals surface area contributed by atoms with E-state index in [1.807, 2.05) is 0 Å². The van der Waals surface area contributed by atoms with Gasteiger partial charge in [-0.15, -0.1) is 0 Å². The summed E-state index contributed by atoms with van der Waals surface area (Å²) in [6.07, 6.45) is 9.36. The zero-order chi connectivity index (χ0) is 15.5. The van der Waals surface area contributed by atoms with Crippen LogP contribution in [-0.2, 0) is 4.79 Å². The molecule has 1 unspecified atom stereocenters. The molecule has 2 aliphatic rings. The van der Waals surface area contributed by atoms with E-state index >= 15 is 0 Å². The Hall–Kier alpha value is -1.17. The number of carbonyl (C=O) groups excluding carboxylic acids is 1. The maximum Gasteiger partial charge on any atom is 0.257 e. The number of hydrogen-bond donors (Lipinski definition) is 1. The molecule has 5 nitrogen and oxygen atoms in total. The molecule has 0 radical (unpaired) electrons. The van der Waals surface area contributed by atoms with E-state index in [-0.39, 0.29) is 23.3 Å². The van der Waals surface area contributed by atoms with Crippen molar-refractivity contribution in [3.05, 3.63) is 32.3 Å². The highest BCUT2D eigenvalue weighted by molar-refractivity contribution is 9.11. The minimum Gasteiger partial charge on any atom is -0.350 e. The third-order valence-electron chi connectivity index (χ3n) is 4.52. The van der Waals surface area contributed by atoms with Gasteiger partial charge in [-0.25, -0.2) is 0 Å². The topological polar surface area (TPSA) is 72.2 Å². The molecule has 0 saturated heterocycles. The molecule has 0 spiro atoms. The maximum absolute atomic E-state index is 12.4. The highest BCUT2D eigenvalue weighted by atomic mass is 79.9. The number of hydrogen-bond acceptors (Lipinski definition) is 3. The molecule has 2 rings (SSSR count). The molecule has 1 fully saturated rings. The second kappa shape index (κ2) is 6.73. The predicted molar refractivity (Wildman–Crippen MR) is 84.7 cm³/mol. The summed E-state index contributed by atoms with van der Waals surface area (Å²) in [5, 5.41) is 14.5. The van der Waals surface area contributed by atoms with Crippen molar-refractivity contribution in [1.29, 1.82) is 0 Å². The Bertz CT molecular complexity index is 495. The van der Waals surface area contributed by atoms with Crippen LogP contribution in [0.3, 0.4) is 0 Å². The average Bonchev–Trinajstić information content (AvgIpc) is 2.48. The van der Waals surface area contributed by atoms with Gasteiger partial charge in [0.25, 0.3) is 5.54 Å². The number of amides is 1. The first kappa shape index (κ1) is 16.2. The number of allylic oxidation sites excluding steroid dienone is 2. The molecule has 0 aromatic rings. The first-order valence-electron chi connectivity index (χ1n) is 7.52. The van der Waals surface area contributed by atoms with Crippen molar-refractivity contribution >= 4 is 21.8 Å². The van der Waals surface area contributed by atoms with E-state index in [1.165, 1.54) is 6.42 Å². The van der Waals surface area contributed by atoms with Gasteiger partial charge in [0.2, 0.25) is 5.91 Å². The van der Waals surface area contributed by atoms with E-state index < -0.39 is 5.54 Å². The van der Waals surface area contributed by atoms with Crippen LogP contribution in [0.5, 0.6) is 0 Å². The van der Waals surface area contributed by atoms with E-state index in [9.17, 15) is 14.9 Å². The number of rotatable bonds is 4. The number of nitrogens with one attached hydrogen (secondary N) is 1. The fourth-order valence-corrected chi connectivity index (χ4v) is 3.74. The van der Waals surface area contributed by atoms with E-state index in [0.29, 0.717) is 16.5 Å². The molecule has 0 aromatic heterocycles. The average molecular weight is 357 g/mol. The molecule has 6 heteroatoms. The Morgan fingerprint density at radius 2 is 2.10 bits per heavy atom. The third-order valence-corrected chi connectivity index (χ3v) is 5.53. The van der Waals surface area contributed by atoms with Gasteiger partial charge >= 0.3 is 0 Å². The number of nitro groups is 1. The van der Waals surface area contributed by atoms with Crippen molar-refractivity contribution in [3.63, 3.8) is 0 Å². The van der Waals surface area contributed by atoms with Crippen LogP contribution < -0.4 is 5.32 Å². The summed E-state index contributed by atoms with van der Waals surface area (Å²) in [5.41, 5.74) is -0.698. The van der Waals surface area contributed by atoms with Gasteiger partial charge in [0, 0.05) is 23.0 Å². The summed E-state index contributed by atoms with van der Waals surface area (Å²) in [5.74, 6) is -0.155. The molecule has 0 heterocycles. The molecular formula is C15H21BrN2O3. The summed E-state index contributed by atoms with van der Waals surface area (Å²) < 4.78 is 0.539. The van der Waals surface area contributed by atoms with Gasteiger partial charge in [-0.2, -0.15) is 0 Å². The Kier molecular flexibility index (Phi) is 5.19. The molecule has 116 valence electrons. The van der Waals surface area contributed by atoms with Gasteiger partial charge < -0.3 is 5.32 Å². The Labute approximate surface area is 133 Å². The standard InChI is InChI=1S/C15H21BrN2O3/c1-2-15(18(20)21)10-11(8-9-13(15)16)14(19)17-12-6-4-3-5-7-12/h8-9,12H,2-7,10H2,1H3,(H,17,19). The molecule has 1 saturated carbocycles. The SMILES string of the molecule is CCC1([N+](=O)[O-])CC(C(=O)NC2CCCCC2)=CC=C1Br. The summed E-state index contributed by atoms with van der Waals surface area (Å²) >= 11 is 3.29. The van der Waals surface area contributed by atoms with Crippen LogP contribution in [0.1, 0.15) is 51.9 Å². The molecule has 0 aliphatic heterocycles. The Morgan fingerprint density at radius 1 is 1.43 bits per heavy atom. The smallest absolute Gasteiger partial charge is 0.257 e. The van der Waals surface area contributed by atoms with Gasteiger partial charge in [-0.1, -0.05) is 32.3 Å². The minimum atomic E-state index is -1.20. The normalized spacial score (nSPS) is 26.8. The lowest BCUT2D eigenvalue weighted by Gasteiger charge is -2.29. The Morgan fingerprint density at radius 3 is 2.67 bits per heavy atom. The maximum atomic E-state index is 12.4. The van der Waals surface area contributed by atoms with Crippen LogP contribution in [0.25, 0.3) is 0 Å². The number of nitrogens with zero attached hydrogens (tertiary/aromatic N) is 1. The second-order valence-electron chi connectivity index (χ2n) is 5.83. The molecule has 1 amide bonds. The summed E-state index contributed by atoms with van der Waals surface area (Å²) in [7, 11) is 0. The largest absolute Gasteiger partial charge is 0.350 e. The highest BCUT2D eigenvalue weighted by Gasteiger charge is 2.47. The molecule has 1 N–H and O–H groups in total. The molecule has 0 aromatic carbocycles. The van der Waals surface area contributed by atoms with Gasteiger partial charge in [-0.3, -0.25) is 14.9 Å². The van der Waals surface area contributed by atoms with Crippen LogP contribution in [0, 0.1) is 10.1 Å². The number of carbonyl (C=O) groups is 1. The van der Waals surface area contributed by atoms with Gasteiger partial charge in [0.1, 0.15) is 0 Å². The molecular weight excluding hydrogens is 336 g/mol. The first-order chi connectivity index (χ1) is 9.99. The Balaban J connectivity index is 2.09. The van der Waals surface area contributed by atoms with Crippen molar-refractivity contribution in [2.45, 2.75) is 63.5 Å². The van der Waals surface area contributed by atoms with Crippen molar-refractivity contribution < 1.29 is 9.72 Å². The van der Waals surface area contributed by atoms with Gasteiger partial charge in [0.15, 0.2) is 0 Å². The van der Waals surface area contributed by atoms with E-state index in [4.69, 9.17) is 0 Å². The zero-order valence-electron chi connectivity index (χ0n) is 12.2. The molecule has 2 aliphatic carbocycles. The van der Waals surface area contributed by atoms with Crippen molar-refractivity contribution in [1.82, 2.24) is 5.32 Å². The van der Waals surface area contributed by atoms with Crippen molar-refractivity contribution in [3.8, 4) is 0 Å². The van der Waals surface area contributed by atoms with Crippen LogP contribution in [0.2, 0.25) is 0 Å². The monoisotopic (exact) mass is 356 g/mol. The quantitative estimate of drug-likeness (QED) is 0.619. The van der Waals surface area contributed by atoms with Crippen molar-refractivity contribution in [2.24, 2.45) is 0 Å². The zero-order valence-corrected chi connectivity index (χ0v) is 13.8. The van der Waals surface area contributed by atoms with Gasteiger partial charge in [0.05, 0.1) is 10.9 Å². The molecule has 21 heavy (non-hydrogen) atoms. The van der Waals surface area contributed by atoms with Crippen LogP contribution in [0.15, 0.2) is 22.2 Å². The summed E-state index contributed by atoms with van der Waals surface area (Å²) in [4.78, 5) is 23.5. The van der Waals surface area contributed by atoms with E-state index in [1.54, 1.807) is 19.1 Å². The fourth-order valence-electron chi connectivity index (χ4n) is 3.04. The van der Waals surface area contributed by atoms with Crippen LogP contribution >= 0.6 is 15.9 Å². The lowest BCUT2D eigenvalue weighted by Crippen LogP contribution is -2.43. The predicted octanol–water partition coefficient (Wildman–Crippen LogP) is 3.47. The van der Waals surface area contributed by atoms with E-state index in [0.717, 1.165) is 25.7 Å². The summed E-state index contributed by atoms with van der Waals surface area (Å²) in [6, 6.07) is 0.216. The van der Waals surface area contributed by atoms with Crippen molar-refractivity contribution in [2.75, 3.05) is 0 Å². The molecule has 1 atom stereocenters. The fraction of sp³-hybridized carbons (Fsp3) is 0.667.